The Bertz CT molecular complexity index is 400. The molecule has 0 aliphatic heterocycles. The van der Waals surface area contributed by atoms with E-state index in [-0.39, 0.29) is 12.6 Å². The molecule has 0 saturated carbocycles. The van der Waals surface area contributed by atoms with Crippen molar-refractivity contribution >= 4 is 11.7 Å². The molecule has 0 fully saturated rings. The summed E-state index contributed by atoms with van der Waals surface area (Å²) in [5.74, 6) is 0. The van der Waals surface area contributed by atoms with Crippen LogP contribution in [0.3, 0.4) is 0 Å². The summed E-state index contributed by atoms with van der Waals surface area (Å²) in [6.45, 7) is 2.33. The number of hydrogen-bond acceptors (Lipinski definition) is 4. The molecular weight excluding hydrogens is 234 g/mol. The molecule has 0 radical (unpaired) electrons. The van der Waals surface area contributed by atoms with E-state index in [1.807, 2.05) is 19.0 Å². The van der Waals surface area contributed by atoms with E-state index in [9.17, 15) is 9.90 Å². The first-order valence-electron chi connectivity index (χ1n) is 5.69. The van der Waals surface area contributed by atoms with E-state index in [1.54, 1.807) is 31.0 Å². The molecule has 102 valence electrons. The summed E-state index contributed by atoms with van der Waals surface area (Å²) in [5.41, 5.74) is -0.349. The Morgan fingerprint density at radius 1 is 1.61 bits per heavy atom. The molecule has 0 bridgehead atoms. The Balaban J connectivity index is 2.37. The molecule has 0 aliphatic rings. The second-order valence-electron chi connectivity index (χ2n) is 4.95. The zero-order valence-corrected chi connectivity index (χ0v) is 11.3. The average molecular weight is 255 g/mol. The molecule has 0 aromatic carbocycles. The summed E-state index contributed by atoms with van der Waals surface area (Å²) in [6, 6.07) is -0.359. The maximum atomic E-state index is 11.6. The van der Waals surface area contributed by atoms with Crippen molar-refractivity contribution in [2.45, 2.75) is 12.5 Å². The number of rotatable bonds is 5. The average Bonchev–Trinajstić information content (AvgIpc) is 2.59. The molecule has 2 amide bonds. The number of nitrogens with zero attached hydrogens (tertiary/aromatic N) is 3. The minimum Gasteiger partial charge on any atom is -0.387 e. The van der Waals surface area contributed by atoms with Gasteiger partial charge in [-0.25, -0.2) is 4.79 Å². The number of nitrogens with one attached hydrogen (secondary N) is 2. The molecule has 1 aromatic rings. The lowest BCUT2D eigenvalue weighted by molar-refractivity contribution is 0.0364. The smallest absolute Gasteiger partial charge is 0.319 e. The van der Waals surface area contributed by atoms with Crippen LogP contribution >= 0.6 is 0 Å². The van der Waals surface area contributed by atoms with E-state index in [1.165, 1.54) is 0 Å². The number of carbonyl (C=O) groups is 1. The standard InChI is InChI=1S/C11H21N5O2/c1-11(18,8-15(2)3)7-12-10(17)14-9-5-13-16(4)6-9/h5-6,18H,7-8H2,1-4H3,(H2,12,14,17). The summed E-state index contributed by atoms with van der Waals surface area (Å²) < 4.78 is 1.60. The molecule has 7 heteroatoms. The molecule has 1 atom stereocenters. The van der Waals surface area contributed by atoms with Gasteiger partial charge in [0.15, 0.2) is 0 Å². The topological polar surface area (TPSA) is 82.4 Å². The van der Waals surface area contributed by atoms with Crippen molar-refractivity contribution < 1.29 is 9.90 Å². The molecule has 0 aliphatic carbocycles. The third-order valence-electron chi connectivity index (χ3n) is 2.25. The minimum atomic E-state index is -0.963. The fraction of sp³-hybridized carbons (Fsp3) is 0.636. The van der Waals surface area contributed by atoms with E-state index < -0.39 is 5.60 Å². The first-order valence-corrected chi connectivity index (χ1v) is 5.69. The summed E-state index contributed by atoms with van der Waals surface area (Å²) >= 11 is 0. The highest BCUT2D eigenvalue weighted by molar-refractivity contribution is 5.88. The number of carbonyl (C=O) groups excluding carboxylic acids is 1. The van der Waals surface area contributed by atoms with Crippen LogP contribution in [0.4, 0.5) is 10.5 Å². The Morgan fingerprint density at radius 3 is 2.78 bits per heavy atom. The van der Waals surface area contributed by atoms with Crippen LogP contribution in [0.5, 0.6) is 0 Å². The number of likely N-dealkylation sites (N-methyl/N-ethyl adjacent to an activating group) is 1. The van der Waals surface area contributed by atoms with Gasteiger partial charge in [-0.2, -0.15) is 5.10 Å². The van der Waals surface area contributed by atoms with E-state index >= 15 is 0 Å². The fourth-order valence-corrected chi connectivity index (χ4v) is 1.67. The largest absolute Gasteiger partial charge is 0.387 e. The van der Waals surface area contributed by atoms with Gasteiger partial charge in [-0.05, 0) is 21.0 Å². The number of aliphatic hydroxyl groups is 1. The molecule has 1 rings (SSSR count). The van der Waals surface area contributed by atoms with E-state index in [2.05, 4.69) is 15.7 Å². The Labute approximate surface area is 107 Å². The summed E-state index contributed by atoms with van der Waals surface area (Å²) in [4.78, 5) is 13.4. The Morgan fingerprint density at radius 2 is 2.28 bits per heavy atom. The van der Waals surface area contributed by atoms with Gasteiger partial charge >= 0.3 is 6.03 Å². The number of urea groups is 1. The molecular formula is C11H21N5O2. The van der Waals surface area contributed by atoms with E-state index in [0.29, 0.717) is 12.2 Å². The lowest BCUT2D eigenvalue weighted by Gasteiger charge is -2.27. The van der Waals surface area contributed by atoms with Gasteiger partial charge in [0, 0.05) is 26.3 Å². The first kappa shape index (κ1) is 14.5. The highest BCUT2D eigenvalue weighted by atomic mass is 16.3. The van der Waals surface area contributed by atoms with E-state index in [0.717, 1.165) is 0 Å². The van der Waals surface area contributed by atoms with Crippen LogP contribution in [0.2, 0.25) is 0 Å². The van der Waals surface area contributed by atoms with Crippen molar-refractivity contribution in [3.8, 4) is 0 Å². The van der Waals surface area contributed by atoms with Gasteiger partial charge < -0.3 is 20.6 Å². The summed E-state index contributed by atoms with van der Waals surface area (Å²) in [5, 5.41) is 19.2. The van der Waals surface area contributed by atoms with Crippen LogP contribution in [-0.4, -0.2) is 58.6 Å². The lowest BCUT2D eigenvalue weighted by Crippen LogP contribution is -2.48. The van der Waals surface area contributed by atoms with Gasteiger partial charge in [-0.3, -0.25) is 4.68 Å². The zero-order chi connectivity index (χ0) is 13.8. The summed E-state index contributed by atoms with van der Waals surface area (Å²) in [7, 11) is 5.50. The second kappa shape index (κ2) is 5.83. The predicted octanol–water partition coefficient (Wildman–Crippen LogP) is -0.146. The molecule has 18 heavy (non-hydrogen) atoms. The third kappa shape index (κ3) is 5.15. The third-order valence-corrected chi connectivity index (χ3v) is 2.25. The Kier molecular flexibility index (Phi) is 4.69. The van der Waals surface area contributed by atoms with Gasteiger partial charge in [0.1, 0.15) is 0 Å². The van der Waals surface area contributed by atoms with Crippen LogP contribution < -0.4 is 10.6 Å². The van der Waals surface area contributed by atoms with Crippen molar-refractivity contribution in [2.75, 3.05) is 32.5 Å². The van der Waals surface area contributed by atoms with Crippen LogP contribution in [0, 0.1) is 0 Å². The van der Waals surface area contributed by atoms with Crippen molar-refractivity contribution in [3.63, 3.8) is 0 Å². The molecule has 7 nitrogen and oxygen atoms in total. The number of aryl methyl sites for hydroxylation is 1. The normalized spacial score (nSPS) is 14.3. The minimum absolute atomic E-state index is 0.178. The van der Waals surface area contributed by atoms with Crippen molar-refractivity contribution in [3.05, 3.63) is 12.4 Å². The molecule has 3 N–H and O–H groups in total. The Hall–Kier alpha value is -1.60. The fourth-order valence-electron chi connectivity index (χ4n) is 1.67. The van der Waals surface area contributed by atoms with Crippen LogP contribution in [0.15, 0.2) is 12.4 Å². The maximum absolute atomic E-state index is 11.6. The van der Waals surface area contributed by atoms with Crippen molar-refractivity contribution in [2.24, 2.45) is 7.05 Å². The predicted molar refractivity (Wildman–Crippen MR) is 69.4 cm³/mol. The SMILES string of the molecule is CN(C)CC(C)(O)CNC(=O)Nc1cnn(C)c1. The van der Waals surface area contributed by atoms with Gasteiger partial charge in [0.05, 0.1) is 17.5 Å². The van der Waals surface area contributed by atoms with Crippen molar-refractivity contribution in [1.82, 2.24) is 20.0 Å². The van der Waals surface area contributed by atoms with Gasteiger partial charge in [0.25, 0.3) is 0 Å². The molecule has 1 aromatic heterocycles. The molecule has 1 unspecified atom stereocenters. The highest BCUT2D eigenvalue weighted by Crippen LogP contribution is 2.04. The maximum Gasteiger partial charge on any atom is 0.319 e. The molecule has 0 saturated heterocycles. The first-order chi connectivity index (χ1) is 8.28. The monoisotopic (exact) mass is 255 g/mol. The number of aromatic nitrogens is 2. The lowest BCUT2D eigenvalue weighted by atomic mass is 10.1. The van der Waals surface area contributed by atoms with Crippen LogP contribution in [0.1, 0.15) is 6.92 Å². The number of amides is 2. The van der Waals surface area contributed by atoms with Gasteiger partial charge in [-0.1, -0.05) is 0 Å². The van der Waals surface area contributed by atoms with Crippen molar-refractivity contribution in [1.29, 1.82) is 0 Å². The summed E-state index contributed by atoms with van der Waals surface area (Å²) in [6.07, 6.45) is 3.25. The van der Waals surface area contributed by atoms with Gasteiger partial charge in [-0.15, -0.1) is 0 Å². The second-order valence-corrected chi connectivity index (χ2v) is 4.95. The highest BCUT2D eigenvalue weighted by Gasteiger charge is 2.22. The zero-order valence-electron chi connectivity index (χ0n) is 11.3. The molecule has 0 spiro atoms. The van der Waals surface area contributed by atoms with Crippen LogP contribution in [0.25, 0.3) is 0 Å². The van der Waals surface area contributed by atoms with Gasteiger partial charge in [0.2, 0.25) is 0 Å². The van der Waals surface area contributed by atoms with E-state index in [4.69, 9.17) is 0 Å². The molecule has 1 heterocycles. The quantitative estimate of drug-likeness (QED) is 0.683. The number of anilines is 1. The number of hydrogen-bond donors (Lipinski definition) is 3. The van der Waals surface area contributed by atoms with Crippen LogP contribution in [-0.2, 0) is 7.05 Å².